The van der Waals surface area contributed by atoms with Gasteiger partial charge >= 0.3 is 6.36 Å². The first kappa shape index (κ1) is 14.6. The van der Waals surface area contributed by atoms with E-state index in [4.69, 9.17) is 0 Å². The van der Waals surface area contributed by atoms with Crippen LogP contribution in [0.15, 0.2) is 34.8 Å². The Kier molecular flexibility index (Phi) is 4.77. The first-order valence-electron chi connectivity index (χ1n) is 4.81. The molecular weight excluding hydrogens is 315 g/mol. The van der Waals surface area contributed by atoms with Crippen molar-refractivity contribution in [2.45, 2.75) is 13.3 Å². The molecule has 1 aromatic rings. The number of hydrogen-bond donors (Lipinski definition) is 1. The van der Waals surface area contributed by atoms with Crippen LogP contribution in [0.3, 0.4) is 0 Å². The third kappa shape index (κ3) is 4.79. The summed E-state index contributed by atoms with van der Waals surface area (Å²) in [4.78, 5) is 11.3. The predicted molar refractivity (Wildman–Crippen MR) is 64.3 cm³/mol. The number of amides is 1. The Morgan fingerprint density at radius 3 is 2.67 bits per heavy atom. The molecule has 1 rings (SSSR count). The second-order valence-electron chi connectivity index (χ2n) is 3.18. The zero-order valence-electron chi connectivity index (χ0n) is 9.22. The van der Waals surface area contributed by atoms with Gasteiger partial charge in [0.15, 0.2) is 5.75 Å². The van der Waals surface area contributed by atoms with E-state index in [0.717, 1.165) is 6.07 Å². The second-order valence-corrected chi connectivity index (χ2v) is 4.09. The molecule has 0 radical (unpaired) electrons. The number of alkyl halides is 3. The van der Waals surface area contributed by atoms with Crippen molar-refractivity contribution in [2.24, 2.45) is 0 Å². The summed E-state index contributed by atoms with van der Waals surface area (Å²) in [6.45, 7) is 1.62. The molecule has 1 amide bonds. The zero-order valence-corrected chi connectivity index (χ0v) is 10.8. The molecule has 1 aromatic carbocycles. The molecule has 0 saturated carbocycles. The van der Waals surface area contributed by atoms with E-state index in [0.29, 0.717) is 4.47 Å². The van der Waals surface area contributed by atoms with E-state index in [2.05, 4.69) is 26.0 Å². The zero-order chi connectivity index (χ0) is 13.8. The summed E-state index contributed by atoms with van der Waals surface area (Å²) in [6.07, 6.45) is -2.15. The average Bonchev–Trinajstić information content (AvgIpc) is 2.20. The Bertz CT molecular complexity index is 472. The summed E-state index contributed by atoms with van der Waals surface area (Å²) < 4.78 is 40.8. The molecule has 0 aliphatic carbocycles. The van der Waals surface area contributed by atoms with Gasteiger partial charge < -0.3 is 10.1 Å². The van der Waals surface area contributed by atoms with Gasteiger partial charge in [-0.05, 0) is 31.2 Å². The molecule has 0 aromatic heterocycles. The van der Waals surface area contributed by atoms with Crippen molar-refractivity contribution in [2.75, 3.05) is 5.32 Å². The van der Waals surface area contributed by atoms with E-state index in [1.165, 1.54) is 24.3 Å². The van der Waals surface area contributed by atoms with E-state index in [1.54, 1.807) is 6.92 Å². The molecule has 1 N–H and O–H groups in total. The van der Waals surface area contributed by atoms with Crippen LogP contribution < -0.4 is 10.1 Å². The molecule has 7 heteroatoms. The molecule has 3 nitrogen and oxygen atoms in total. The Morgan fingerprint density at radius 2 is 2.11 bits per heavy atom. The van der Waals surface area contributed by atoms with Crippen molar-refractivity contribution in [3.8, 4) is 5.75 Å². The maximum atomic E-state index is 12.2. The van der Waals surface area contributed by atoms with Gasteiger partial charge in [-0.25, -0.2) is 0 Å². The molecular formula is C11H9BrF3NO2. The Hall–Kier alpha value is -1.50. The van der Waals surface area contributed by atoms with Crippen LogP contribution in [-0.2, 0) is 4.79 Å². The highest BCUT2D eigenvalue weighted by molar-refractivity contribution is 9.10. The van der Waals surface area contributed by atoms with E-state index < -0.39 is 18.0 Å². The van der Waals surface area contributed by atoms with Gasteiger partial charge in [-0.1, -0.05) is 22.0 Å². The summed E-state index contributed by atoms with van der Waals surface area (Å²) in [5, 5.41) is 2.29. The molecule has 18 heavy (non-hydrogen) atoms. The molecule has 0 atom stereocenters. The van der Waals surface area contributed by atoms with Crippen molar-refractivity contribution in [3.05, 3.63) is 34.8 Å². The second kappa shape index (κ2) is 5.90. The van der Waals surface area contributed by atoms with Crippen LogP contribution in [0.5, 0.6) is 5.75 Å². The quantitative estimate of drug-likeness (QED) is 0.858. The molecule has 0 bridgehead atoms. The van der Waals surface area contributed by atoms with Gasteiger partial charge in [0.2, 0.25) is 5.91 Å². The summed E-state index contributed by atoms with van der Waals surface area (Å²) in [5.74, 6) is -1.01. The van der Waals surface area contributed by atoms with E-state index in [-0.39, 0.29) is 5.69 Å². The lowest BCUT2D eigenvalue weighted by molar-refractivity contribution is -0.274. The van der Waals surface area contributed by atoms with Crippen molar-refractivity contribution < 1.29 is 22.7 Å². The number of rotatable bonds is 3. The molecule has 98 valence electrons. The van der Waals surface area contributed by atoms with Crippen LogP contribution in [0, 0.1) is 0 Å². The molecule has 0 spiro atoms. The number of allylic oxidation sites excluding steroid dienone is 1. The monoisotopic (exact) mass is 323 g/mol. The van der Waals surface area contributed by atoms with Crippen LogP contribution in [0.25, 0.3) is 0 Å². The molecule has 0 unspecified atom stereocenters. The third-order valence-corrected chi connectivity index (χ3v) is 2.24. The summed E-state index contributed by atoms with van der Waals surface area (Å²) in [6, 6.07) is 3.93. The van der Waals surface area contributed by atoms with Gasteiger partial charge in [-0.3, -0.25) is 4.79 Å². The van der Waals surface area contributed by atoms with Crippen LogP contribution in [-0.4, -0.2) is 12.3 Å². The number of hydrogen-bond acceptors (Lipinski definition) is 2. The lowest BCUT2D eigenvalue weighted by Crippen LogP contribution is -2.19. The first-order chi connectivity index (χ1) is 8.31. The van der Waals surface area contributed by atoms with Crippen molar-refractivity contribution in [3.63, 3.8) is 0 Å². The van der Waals surface area contributed by atoms with Crippen LogP contribution in [0.4, 0.5) is 18.9 Å². The Balaban J connectivity index is 3.00. The number of nitrogens with one attached hydrogen (secondary N) is 1. The fourth-order valence-corrected chi connectivity index (χ4v) is 1.47. The topological polar surface area (TPSA) is 38.3 Å². The van der Waals surface area contributed by atoms with Gasteiger partial charge in [-0.15, -0.1) is 13.2 Å². The van der Waals surface area contributed by atoms with E-state index in [9.17, 15) is 18.0 Å². The maximum Gasteiger partial charge on any atom is 0.573 e. The molecule has 0 saturated heterocycles. The predicted octanol–water partition coefficient (Wildman–Crippen LogP) is 3.86. The molecule has 0 aliphatic heterocycles. The number of carbonyl (C=O) groups excluding carboxylic acids is 1. The minimum atomic E-state index is -4.82. The van der Waals surface area contributed by atoms with Crippen LogP contribution in [0.1, 0.15) is 6.92 Å². The van der Waals surface area contributed by atoms with Crippen molar-refractivity contribution in [1.82, 2.24) is 0 Å². The smallest absolute Gasteiger partial charge is 0.404 e. The van der Waals surface area contributed by atoms with Crippen molar-refractivity contribution in [1.29, 1.82) is 0 Å². The summed E-state index contributed by atoms with van der Waals surface area (Å²) in [5.41, 5.74) is -0.0568. The highest BCUT2D eigenvalue weighted by Crippen LogP contribution is 2.32. The van der Waals surface area contributed by atoms with Crippen LogP contribution >= 0.6 is 15.9 Å². The van der Waals surface area contributed by atoms with E-state index >= 15 is 0 Å². The maximum absolute atomic E-state index is 12.2. The summed E-state index contributed by atoms with van der Waals surface area (Å²) in [7, 11) is 0. The fourth-order valence-electron chi connectivity index (χ4n) is 1.13. The van der Waals surface area contributed by atoms with Gasteiger partial charge in [0.05, 0.1) is 5.69 Å². The fraction of sp³-hybridized carbons (Fsp3) is 0.182. The number of carbonyl (C=O) groups is 1. The largest absolute Gasteiger partial charge is 0.573 e. The average molecular weight is 324 g/mol. The van der Waals surface area contributed by atoms with Gasteiger partial charge in [0, 0.05) is 4.47 Å². The summed E-state index contributed by atoms with van der Waals surface area (Å²) >= 11 is 3.03. The number of halogens is 4. The number of benzene rings is 1. The SMILES string of the molecule is C/C=C/C(=O)Nc1ccc(Br)cc1OC(F)(F)F. The highest BCUT2D eigenvalue weighted by atomic mass is 79.9. The van der Waals surface area contributed by atoms with Gasteiger partial charge in [0.1, 0.15) is 0 Å². The normalized spacial score (nSPS) is 11.6. The molecule has 0 heterocycles. The lowest BCUT2D eigenvalue weighted by atomic mass is 10.3. The van der Waals surface area contributed by atoms with Crippen LogP contribution in [0.2, 0.25) is 0 Å². The first-order valence-corrected chi connectivity index (χ1v) is 5.60. The minimum Gasteiger partial charge on any atom is -0.404 e. The van der Waals surface area contributed by atoms with E-state index in [1.807, 2.05) is 0 Å². The molecule has 0 fully saturated rings. The third-order valence-electron chi connectivity index (χ3n) is 1.75. The van der Waals surface area contributed by atoms with Gasteiger partial charge in [0.25, 0.3) is 0 Å². The molecule has 0 aliphatic rings. The Labute approximate surface area is 110 Å². The number of anilines is 1. The standard InChI is InChI=1S/C11H9BrF3NO2/c1-2-3-10(17)16-8-5-4-7(12)6-9(8)18-11(13,14)15/h2-6H,1H3,(H,16,17)/b3-2+. The highest BCUT2D eigenvalue weighted by Gasteiger charge is 2.32. The number of ether oxygens (including phenoxy) is 1. The lowest BCUT2D eigenvalue weighted by Gasteiger charge is -2.13. The minimum absolute atomic E-state index is 0.0568. The Morgan fingerprint density at radius 1 is 1.44 bits per heavy atom. The van der Waals surface area contributed by atoms with Crippen molar-refractivity contribution >= 4 is 27.5 Å². The van der Waals surface area contributed by atoms with Gasteiger partial charge in [-0.2, -0.15) is 0 Å².